The number of amides is 1. The molecule has 1 aromatic rings. The Morgan fingerprint density at radius 3 is 2.87 bits per heavy atom. The van der Waals surface area contributed by atoms with Gasteiger partial charge in [-0.3, -0.25) is 4.79 Å². The van der Waals surface area contributed by atoms with E-state index in [4.69, 9.17) is 5.73 Å². The lowest BCUT2D eigenvalue weighted by atomic mass is 10.3. The molecule has 0 saturated heterocycles. The molecule has 0 unspecified atom stereocenters. The van der Waals surface area contributed by atoms with Crippen LogP contribution in [0.25, 0.3) is 0 Å². The van der Waals surface area contributed by atoms with Crippen LogP contribution in [0.4, 0.5) is 5.82 Å². The van der Waals surface area contributed by atoms with Crippen molar-refractivity contribution in [3.05, 3.63) is 17.8 Å². The molecule has 0 aliphatic rings. The number of nitrogens with two attached hydrogens (primary N) is 1. The highest BCUT2D eigenvalue weighted by atomic mass is 32.2. The van der Waals surface area contributed by atoms with Crippen molar-refractivity contribution in [2.75, 3.05) is 23.9 Å². The van der Waals surface area contributed by atoms with Crippen molar-refractivity contribution in [2.45, 2.75) is 6.42 Å². The Balaban J connectivity index is 2.39. The smallest absolute Gasteiger partial charge is 0.269 e. The lowest BCUT2D eigenvalue weighted by Gasteiger charge is -2.03. The van der Waals surface area contributed by atoms with Crippen LogP contribution in [0, 0.1) is 0 Å². The van der Waals surface area contributed by atoms with Crippen molar-refractivity contribution >= 4 is 23.5 Å². The molecule has 1 aromatic heterocycles. The summed E-state index contributed by atoms with van der Waals surface area (Å²) in [6.45, 7) is 0.853. The highest BCUT2D eigenvalue weighted by molar-refractivity contribution is 7.98. The number of carbonyl (C=O) groups is 1. The van der Waals surface area contributed by atoms with Crippen molar-refractivity contribution in [1.82, 2.24) is 10.2 Å². The van der Waals surface area contributed by atoms with E-state index in [9.17, 15) is 4.79 Å². The van der Waals surface area contributed by atoms with E-state index in [1.165, 1.54) is 0 Å². The van der Waals surface area contributed by atoms with Crippen LogP contribution in [0.1, 0.15) is 16.9 Å². The number of primary amides is 1. The van der Waals surface area contributed by atoms with Crippen LogP contribution in [-0.4, -0.2) is 34.7 Å². The van der Waals surface area contributed by atoms with Gasteiger partial charge in [0.2, 0.25) is 0 Å². The van der Waals surface area contributed by atoms with E-state index in [1.54, 1.807) is 23.9 Å². The fraction of sp³-hybridized carbons (Fsp3) is 0.444. The Hall–Kier alpha value is -1.30. The van der Waals surface area contributed by atoms with Crippen LogP contribution in [-0.2, 0) is 0 Å². The first kappa shape index (κ1) is 11.8. The molecule has 0 spiro atoms. The topological polar surface area (TPSA) is 80.9 Å². The maximum Gasteiger partial charge on any atom is 0.269 e. The van der Waals surface area contributed by atoms with E-state index in [0.29, 0.717) is 5.82 Å². The van der Waals surface area contributed by atoms with Gasteiger partial charge in [0.05, 0.1) is 0 Å². The Morgan fingerprint density at radius 2 is 2.33 bits per heavy atom. The first-order valence-corrected chi connectivity index (χ1v) is 6.00. The largest absolute Gasteiger partial charge is 0.369 e. The Morgan fingerprint density at radius 1 is 1.53 bits per heavy atom. The Bertz CT molecular complexity index is 314. The standard InChI is InChI=1S/C9H14N4OS/c1-15-6-2-5-11-8-4-3-7(9(10)14)12-13-8/h3-4H,2,5-6H2,1H3,(H2,10,14)(H,11,13). The predicted octanol–water partition coefficient (Wildman–Crippen LogP) is 0.740. The fourth-order valence-corrected chi connectivity index (χ4v) is 1.42. The molecule has 1 amide bonds. The van der Waals surface area contributed by atoms with Crippen LogP contribution in [0.15, 0.2) is 12.1 Å². The summed E-state index contributed by atoms with van der Waals surface area (Å²) >= 11 is 1.81. The lowest BCUT2D eigenvalue weighted by molar-refractivity contribution is 0.0994. The van der Waals surface area contributed by atoms with Gasteiger partial charge in [0.15, 0.2) is 5.69 Å². The summed E-state index contributed by atoms with van der Waals surface area (Å²) in [5.41, 5.74) is 5.22. The van der Waals surface area contributed by atoms with Crippen molar-refractivity contribution in [3.63, 3.8) is 0 Å². The average molecular weight is 226 g/mol. The second-order valence-corrected chi connectivity index (χ2v) is 3.93. The molecule has 6 heteroatoms. The number of carbonyl (C=O) groups excluding carboxylic acids is 1. The van der Waals surface area contributed by atoms with Crippen molar-refractivity contribution in [3.8, 4) is 0 Å². The van der Waals surface area contributed by atoms with E-state index in [1.807, 2.05) is 0 Å². The van der Waals surface area contributed by atoms with Crippen molar-refractivity contribution < 1.29 is 4.79 Å². The first-order chi connectivity index (χ1) is 7.24. The second-order valence-electron chi connectivity index (χ2n) is 2.94. The minimum absolute atomic E-state index is 0.185. The molecule has 5 nitrogen and oxygen atoms in total. The monoisotopic (exact) mass is 226 g/mol. The number of nitrogens with zero attached hydrogens (tertiary/aromatic N) is 2. The molecule has 0 radical (unpaired) electrons. The number of nitrogens with one attached hydrogen (secondary N) is 1. The summed E-state index contributed by atoms with van der Waals surface area (Å²) in [7, 11) is 0. The summed E-state index contributed by atoms with van der Waals surface area (Å²) in [5.74, 6) is 1.22. The molecule has 0 fully saturated rings. The first-order valence-electron chi connectivity index (χ1n) is 4.60. The predicted molar refractivity (Wildman–Crippen MR) is 62.0 cm³/mol. The van der Waals surface area contributed by atoms with E-state index in [0.717, 1.165) is 18.7 Å². The third kappa shape index (κ3) is 4.16. The number of hydrogen-bond acceptors (Lipinski definition) is 5. The van der Waals surface area contributed by atoms with E-state index < -0.39 is 5.91 Å². The molecule has 0 aliphatic carbocycles. The van der Waals surface area contributed by atoms with E-state index in [-0.39, 0.29) is 5.69 Å². The van der Waals surface area contributed by atoms with Gasteiger partial charge in [-0.15, -0.1) is 10.2 Å². The number of rotatable bonds is 6. The molecular weight excluding hydrogens is 212 g/mol. The zero-order valence-corrected chi connectivity index (χ0v) is 9.38. The molecule has 82 valence electrons. The van der Waals surface area contributed by atoms with Crippen LogP contribution < -0.4 is 11.1 Å². The number of hydrogen-bond donors (Lipinski definition) is 2. The molecule has 1 heterocycles. The summed E-state index contributed by atoms with van der Waals surface area (Å²) in [6, 6.07) is 3.26. The van der Waals surface area contributed by atoms with Gasteiger partial charge >= 0.3 is 0 Å². The lowest BCUT2D eigenvalue weighted by Crippen LogP contribution is -2.14. The maximum absolute atomic E-state index is 10.7. The molecule has 0 aliphatic heterocycles. The van der Waals surface area contributed by atoms with Gasteiger partial charge in [-0.25, -0.2) is 0 Å². The molecular formula is C9H14N4OS. The summed E-state index contributed by atoms with van der Waals surface area (Å²) in [4.78, 5) is 10.7. The molecule has 0 saturated carbocycles. The van der Waals surface area contributed by atoms with E-state index >= 15 is 0 Å². The van der Waals surface area contributed by atoms with Crippen LogP contribution in [0.5, 0.6) is 0 Å². The maximum atomic E-state index is 10.7. The van der Waals surface area contributed by atoms with Gasteiger partial charge in [-0.2, -0.15) is 11.8 Å². The molecule has 0 bridgehead atoms. The van der Waals surface area contributed by atoms with Crippen molar-refractivity contribution in [2.24, 2.45) is 5.73 Å². The second kappa shape index (κ2) is 6.23. The van der Waals surface area contributed by atoms with Gasteiger partial charge in [0.1, 0.15) is 5.82 Å². The Labute approximate surface area is 92.8 Å². The highest BCUT2D eigenvalue weighted by Crippen LogP contribution is 2.02. The number of anilines is 1. The minimum Gasteiger partial charge on any atom is -0.369 e. The van der Waals surface area contributed by atoms with Gasteiger partial charge in [-0.05, 0) is 30.6 Å². The van der Waals surface area contributed by atoms with Gasteiger partial charge in [0.25, 0.3) is 5.91 Å². The normalized spacial score (nSPS) is 9.93. The van der Waals surface area contributed by atoms with Gasteiger partial charge in [-0.1, -0.05) is 0 Å². The summed E-state index contributed by atoms with van der Waals surface area (Å²) < 4.78 is 0. The van der Waals surface area contributed by atoms with E-state index in [2.05, 4.69) is 21.8 Å². The quantitative estimate of drug-likeness (QED) is 0.699. The van der Waals surface area contributed by atoms with Gasteiger partial charge in [0, 0.05) is 6.54 Å². The van der Waals surface area contributed by atoms with Crippen molar-refractivity contribution in [1.29, 1.82) is 0 Å². The molecule has 0 aromatic carbocycles. The van der Waals surface area contributed by atoms with Crippen LogP contribution in [0.3, 0.4) is 0 Å². The Kier molecular flexibility index (Phi) is 4.89. The highest BCUT2D eigenvalue weighted by Gasteiger charge is 2.01. The molecule has 3 N–H and O–H groups in total. The SMILES string of the molecule is CSCCCNc1ccc(C(N)=O)nn1. The molecule has 1 rings (SSSR count). The summed E-state index contributed by atoms with van der Waals surface area (Å²) in [6.07, 6.45) is 3.14. The van der Waals surface area contributed by atoms with Crippen LogP contribution in [0.2, 0.25) is 0 Å². The number of thioether (sulfide) groups is 1. The van der Waals surface area contributed by atoms with Crippen LogP contribution >= 0.6 is 11.8 Å². The van der Waals surface area contributed by atoms with Gasteiger partial charge < -0.3 is 11.1 Å². The fourth-order valence-electron chi connectivity index (χ4n) is 0.991. The third-order valence-electron chi connectivity index (χ3n) is 1.75. The zero-order valence-electron chi connectivity index (χ0n) is 8.56. The summed E-state index contributed by atoms with van der Waals surface area (Å²) in [5, 5.41) is 10.6. The zero-order chi connectivity index (χ0) is 11.1. The molecule has 15 heavy (non-hydrogen) atoms. The number of aromatic nitrogens is 2. The average Bonchev–Trinajstić information content (AvgIpc) is 2.25. The minimum atomic E-state index is -0.559. The third-order valence-corrected chi connectivity index (χ3v) is 2.45. The molecule has 0 atom stereocenters.